The molecule has 2 aromatic heterocycles. The average Bonchev–Trinajstić information content (AvgIpc) is 3.34. The Morgan fingerprint density at radius 1 is 1.19 bits per heavy atom. The monoisotopic (exact) mass is 422 g/mol. The maximum absolute atomic E-state index is 13.0. The Morgan fingerprint density at radius 3 is 2.77 bits per heavy atom. The summed E-state index contributed by atoms with van der Waals surface area (Å²) >= 11 is 0. The van der Waals surface area contributed by atoms with Gasteiger partial charge in [-0.3, -0.25) is 9.89 Å². The van der Waals surface area contributed by atoms with Gasteiger partial charge in [0, 0.05) is 18.0 Å². The summed E-state index contributed by atoms with van der Waals surface area (Å²) in [4.78, 5) is 13.0. The zero-order valence-electron chi connectivity index (χ0n) is 18.6. The summed E-state index contributed by atoms with van der Waals surface area (Å²) < 4.78 is 13.6. The molecule has 1 aliphatic carbocycles. The zero-order valence-corrected chi connectivity index (χ0v) is 18.6. The number of ether oxygens (including phenoxy) is 2. The van der Waals surface area contributed by atoms with Crippen LogP contribution in [0.3, 0.4) is 0 Å². The number of benzene rings is 1. The van der Waals surface area contributed by atoms with E-state index in [9.17, 15) is 4.79 Å². The van der Waals surface area contributed by atoms with Crippen molar-refractivity contribution in [3.05, 3.63) is 40.2 Å². The van der Waals surface area contributed by atoms with E-state index < -0.39 is 0 Å². The van der Waals surface area contributed by atoms with Crippen molar-refractivity contribution in [1.29, 1.82) is 0 Å². The van der Waals surface area contributed by atoms with Crippen molar-refractivity contribution in [2.24, 2.45) is 7.05 Å². The smallest absolute Gasteiger partial charge is 0.269 e. The number of hydrogen-bond donors (Lipinski definition) is 1. The molecule has 1 saturated carbocycles. The minimum absolute atomic E-state index is 0.0407. The van der Waals surface area contributed by atoms with E-state index in [-0.39, 0.29) is 29.3 Å². The highest BCUT2D eigenvalue weighted by Gasteiger charge is 2.40. The van der Waals surface area contributed by atoms with E-state index in [0.717, 1.165) is 60.0 Å². The van der Waals surface area contributed by atoms with Gasteiger partial charge in [-0.05, 0) is 83.1 Å². The number of fused-ring (bicyclic) bond motifs is 1. The van der Waals surface area contributed by atoms with Crippen LogP contribution >= 0.6 is 0 Å². The van der Waals surface area contributed by atoms with Crippen molar-refractivity contribution >= 4 is 10.9 Å². The van der Waals surface area contributed by atoms with Crippen LogP contribution in [0.5, 0.6) is 5.75 Å². The first-order valence-electron chi connectivity index (χ1n) is 11.2. The molecule has 0 amide bonds. The largest absolute Gasteiger partial charge is 0.488 e. The summed E-state index contributed by atoms with van der Waals surface area (Å²) in [5.74, 6) is 0.989. The quantitative estimate of drug-likeness (QED) is 0.677. The van der Waals surface area contributed by atoms with Gasteiger partial charge in [0.05, 0.1) is 17.7 Å². The van der Waals surface area contributed by atoms with Gasteiger partial charge in [0.15, 0.2) is 0 Å². The lowest BCUT2D eigenvalue weighted by Crippen LogP contribution is -2.26. The molecule has 1 saturated heterocycles. The van der Waals surface area contributed by atoms with Crippen LogP contribution in [0.2, 0.25) is 0 Å². The fourth-order valence-electron chi connectivity index (χ4n) is 4.61. The molecule has 3 aromatic rings. The number of hydrogen-bond acceptors (Lipinski definition) is 5. The molecule has 1 aromatic carbocycles. The summed E-state index contributed by atoms with van der Waals surface area (Å²) in [5.41, 5.74) is 3.07. The first-order valence-corrected chi connectivity index (χ1v) is 11.2. The van der Waals surface area contributed by atoms with E-state index in [2.05, 4.69) is 36.1 Å². The van der Waals surface area contributed by atoms with Crippen LogP contribution in [-0.2, 0) is 11.8 Å². The molecule has 7 heteroatoms. The van der Waals surface area contributed by atoms with Gasteiger partial charge in [0.25, 0.3) is 5.56 Å². The van der Waals surface area contributed by atoms with Crippen molar-refractivity contribution in [3.8, 4) is 17.1 Å². The summed E-state index contributed by atoms with van der Waals surface area (Å²) in [7, 11) is 1.71. The lowest BCUT2D eigenvalue weighted by molar-refractivity contribution is 0.0122. The Morgan fingerprint density at radius 2 is 2.00 bits per heavy atom. The zero-order chi connectivity index (χ0) is 21.8. The Labute approximate surface area is 181 Å². The second-order valence-corrected chi connectivity index (χ2v) is 9.51. The molecule has 1 aliphatic heterocycles. The Hall–Kier alpha value is -2.67. The van der Waals surface area contributed by atoms with Crippen LogP contribution in [0.1, 0.15) is 64.4 Å². The van der Waals surface area contributed by atoms with Gasteiger partial charge >= 0.3 is 0 Å². The average molecular weight is 423 g/mol. The first-order chi connectivity index (χ1) is 14.8. The normalized spacial score (nSPS) is 25.4. The van der Waals surface area contributed by atoms with Crippen molar-refractivity contribution in [3.63, 3.8) is 0 Å². The number of aromatic nitrogens is 4. The molecule has 3 unspecified atom stereocenters. The fourth-order valence-corrected chi connectivity index (χ4v) is 4.61. The van der Waals surface area contributed by atoms with E-state index >= 15 is 0 Å². The van der Waals surface area contributed by atoms with Gasteiger partial charge in [-0.1, -0.05) is 0 Å². The van der Waals surface area contributed by atoms with Gasteiger partial charge < -0.3 is 9.47 Å². The first kappa shape index (κ1) is 20.2. The fraction of sp³-hybridized carbons (Fsp3) is 0.542. The lowest BCUT2D eigenvalue weighted by atomic mass is 9.90. The molecule has 0 bridgehead atoms. The van der Waals surface area contributed by atoms with Crippen molar-refractivity contribution in [2.75, 3.05) is 0 Å². The third-order valence-electron chi connectivity index (χ3n) is 6.63. The molecule has 2 aliphatic rings. The van der Waals surface area contributed by atoms with E-state index in [1.54, 1.807) is 7.05 Å². The van der Waals surface area contributed by atoms with Gasteiger partial charge in [-0.25, -0.2) is 4.68 Å². The summed E-state index contributed by atoms with van der Waals surface area (Å²) in [6, 6.07) is 7.91. The SMILES string of the molecule is CC1CCC(c2cc(-c3n[nH]c4ccc(OC5(C)CC5)cc34)nn(C)c2=O)CC(C)O1. The molecule has 164 valence electrons. The van der Waals surface area contributed by atoms with Gasteiger partial charge in [-0.2, -0.15) is 10.2 Å². The number of H-pyrrole nitrogens is 1. The van der Waals surface area contributed by atoms with Crippen LogP contribution in [0.15, 0.2) is 29.1 Å². The molecule has 5 rings (SSSR count). The number of aromatic amines is 1. The molecule has 31 heavy (non-hydrogen) atoms. The van der Waals surface area contributed by atoms with E-state index in [0.29, 0.717) is 5.69 Å². The highest BCUT2D eigenvalue weighted by atomic mass is 16.5. The lowest BCUT2D eigenvalue weighted by Gasteiger charge is -2.18. The molecule has 7 nitrogen and oxygen atoms in total. The summed E-state index contributed by atoms with van der Waals surface area (Å²) in [5, 5.41) is 13.1. The summed E-state index contributed by atoms with van der Waals surface area (Å²) in [6.45, 7) is 6.32. The van der Waals surface area contributed by atoms with Gasteiger partial charge in [0.1, 0.15) is 22.7 Å². The van der Waals surface area contributed by atoms with Crippen LogP contribution in [0.25, 0.3) is 22.3 Å². The molecule has 3 heterocycles. The van der Waals surface area contributed by atoms with Crippen LogP contribution in [-0.4, -0.2) is 37.8 Å². The molecule has 2 fully saturated rings. The molecule has 0 spiro atoms. The van der Waals surface area contributed by atoms with E-state index in [1.165, 1.54) is 4.68 Å². The molecule has 0 radical (unpaired) electrons. The third-order valence-corrected chi connectivity index (χ3v) is 6.63. The molecular formula is C24H30N4O3. The summed E-state index contributed by atoms with van der Waals surface area (Å²) in [6.07, 6.45) is 5.21. The van der Waals surface area contributed by atoms with Gasteiger partial charge in [-0.15, -0.1) is 0 Å². The second-order valence-electron chi connectivity index (χ2n) is 9.51. The molecular weight excluding hydrogens is 392 g/mol. The Kier molecular flexibility index (Phi) is 4.88. The molecule has 3 atom stereocenters. The highest BCUT2D eigenvalue weighted by molar-refractivity contribution is 5.92. The van der Waals surface area contributed by atoms with Crippen molar-refractivity contribution < 1.29 is 9.47 Å². The van der Waals surface area contributed by atoms with Crippen molar-refractivity contribution in [2.45, 2.75) is 76.6 Å². The Bertz CT molecular complexity index is 1180. The van der Waals surface area contributed by atoms with Crippen LogP contribution < -0.4 is 10.3 Å². The van der Waals surface area contributed by atoms with E-state index in [4.69, 9.17) is 9.47 Å². The highest BCUT2D eigenvalue weighted by Crippen LogP contribution is 2.40. The number of nitrogens with zero attached hydrogens (tertiary/aromatic N) is 3. The molecule has 1 N–H and O–H groups in total. The predicted molar refractivity (Wildman–Crippen MR) is 119 cm³/mol. The maximum atomic E-state index is 13.0. The minimum atomic E-state index is -0.0466. The van der Waals surface area contributed by atoms with Gasteiger partial charge in [0.2, 0.25) is 0 Å². The third kappa shape index (κ3) is 3.99. The van der Waals surface area contributed by atoms with Crippen LogP contribution in [0, 0.1) is 0 Å². The number of aryl methyl sites for hydroxylation is 1. The topological polar surface area (TPSA) is 82.0 Å². The minimum Gasteiger partial charge on any atom is -0.488 e. The van der Waals surface area contributed by atoms with Crippen LogP contribution in [0.4, 0.5) is 0 Å². The number of nitrogens with one attached hydrogen (secondary N) is 1. The number of rotatable bonds is 4. The second kappa shape index (κ2) is 7.48. The van der Waals surface area contributed by atoms with Crippen molar-refractivity contribution in [1.82, 2.24) is 20.0 Å². The Balaban J connectivity index is 1.55. The maximum Gasteiger partial charge on any atom is 0.269 e. The standard InChI is InChI=1S/C24H30N4O3/c1-14-5-6-16(11-15(2)30-14)18-13-21(27-28(4)23(18)29)22-19-12-17(31-24(3)9-10-24)7-8-20(19)25-26-22/h7-8,12-16H,5-6,9-11H2,1-4H3,(H,25,26). The van der Waals surface area contributed by atoms with E-state index in [1.807, 2.05) is 24.3 Å². The predicted octanol–water partition coefficient (Wildman–Crippen LogP) is 4.32.